The molecule has 0 radical (unpaired) electrons. The van der Waals surface area contributed by atoms with Crippen LogP contribution in [0.25, 0.3) is 10.2 Å². The van der Waals surface area contributed by atoms with Crippen molar-refractivity contribution in [1.82, 2.24) is 9.88 Å². The normalized spacial score (nSPS) is 11.4. The van der Waals surface area contributed by atoms with Crippen molar-refractivity contribution >= 4 is 55.5 Å². The zero-order valence-corrected chi connectivity index (χ0v) is 16.8. The zero-order chi connectivity index (χ0) is 18.0. The molecule has 0 bridgehead atoms. The predicted octanol–water partition coefficient (Wildman–Crippen LogP) is 4.46. The van der Waals surface area contributed by atoms with E-state index in [1.54, 1.807) is 16.2 Å². The summed E-state index contributed by atoms with van der Waals surface area (Å²) >= 11 is 9.42. The van der Waals surface area contributed by atoms with Gasteiger partial charge in [-0.05, 0) is 44.1 Å². The Morgan fingerprint density at radius 3 is 2.68 bits per heavy atom. The van der Waals surface area contributed by atoms with Crippen molar-refractivity contribution in [3.05, 3.63) is 45.1 Å². The summed E-state index contributed by atoms with van der Waals surface area (Å²) in [5.41, 5.74) is 1.95. The first-order chi connectivity index (χ1) is 12.0. The number of carbonyl (C=O) groups excluding carboxylic acids is 1. The van der Waals surface area contributed by atoms with E-state index in [0.717, 1.165) is 32.3 Å². The van der Waals surface area contributed by atoms with Crippen LogP contribution < -0.4 is 4.90 Å². The molecular weight excluding hydrogens is 374 g/mol. The number of likely N-dealkylation sites (N-methyl/N-ethyl adjacent to an activating group) is 1. The van der Waals surface area contributed by atoms with E-state index in [9.17, 15) is 4.79 Å². The third-order valence-corrected chi connectivity index (χ3v) is 6.31. The molecule has 0 atom stereocenters. The standard InChI is InChI=1S/C18H20ClN3OS2/c1-12-6-7-14(19)17-16(12)20-18(25-17)22(9-8-21(2)3)15(23)11-13-5-4-10-24-13/h4-7,10H,8-9,11H2,1-3H3. The van der Waals surface area contributed by atoms with Gasteiger partial charge in [0.05, 0.1) is 21.7 Å². The maximum atomic E-state index is 12.9. The van der Waals surface area contributed by atoms with Crippen LogP contribution in [0.15, 0.2) is 29.6 Å². The fourth-order valence-corrected chi connectivity index (χ4v) is 4.55. The van der Waals surface area contributed by atoms with Gasteiger partial charge in [-0.1, -0.05) is 35.1 Å². The van der Waals surface area contributed by atoms with Crippen LogP contribution in [0.3, 0.4) is 0 Å². The number of anilines is 1. The van der Waals surface area contributed by atoms with Crippen LogP contribution in [0.4, 0.5) is 5.13 Å². The minimum absolute atomic E-state index is 0.0668. The van der Waals surface area contributed by atoms with Gasteiger partial charge in [0.1, 0.15) is 0 Å². The lowest BCUT2D eigenvalue weighted by Crippen LogP contribution is -2.37. The highest BCUT2D eigenvalue weighted by atomic mass is 35.5. The first-order valence-corrected chi connectivity index (χ1v) is 10.1. The lowest BCUT2D eigenvalue weighted by molar-refractivity contribution is -0.118. The Morgan fingerprint density at radius 2 is 2.04 bits per heavy atom. The van der Waals surface area contributed by atoms with E-state index >= 15 is 0 Å². The number of aromatic nitrogens is 1. The first kappa shape index (κ1) is 18.3. The van der Waals surface area contributed by atoms with Gasteiger partial charge in [-0.2, -0.15) is 0 Å². The fraction of sp³-hybridized carbons (Fsp3) is 0.333. The van der Waals surface area contributed by atoms with Gasteiger partial charge in [0, 0.05) is 18.0 Å². The molecule has 0 saturated heterocycles. The van der Waals surface area contributed by atoms with Crippen LogP contribution in [0.2, 0.25) is 5.02 Å². The van der Waals surface area contributed by atoms with Gasteiger partial charge in [-0.15, -0.1) is 11.3 Å². The smallest absolute Gasteiger partial charge is 0.234 e. The highest BCUT2D eigenvalue weighted by Gasteiger charge is 2.21. The summed E-state index contributed by atoms with van der Waals surface area (Å²) < 4.78 is 0.940. The van der Waals surface area contributed by atoms with E-state index < -0.39 is 0 Å². The molecular formula is C18H20ClN3OS2. The number of aryl methyl sites for hydroxylation is 1. The van der Waals surface area contributed by atoms with Gasteiger partial charge in [-0.25, -0.2) is 4.98 Å². The third kappa shape index (κ3) is 4.20. The second kappa shape index (κ2) is 7.83. The molecule has 1 amide bonds. The minimum Gasteiger partial charge on any atom is -0.308 e. The van der Waals surface area contributed by atoms with Crippen molar-refractivity contribution in [1.29, 1.82) is 0 Å². The number of rotatable bonds is 6. The van der Waals surface area contributed by atoms with Crippen LogP contribution in [0, 0.1) is 6.92 Å². The molecule has 0 saturated carbocycles. The van der Waals surface area contributed by atoms with Crippen molar-refractivity contribution in [2.24, 2.45) is 0 Å². The Hall–Kier alpha value is -1.47. The average molecular weight is 394 g/mol. The van der Waals surface area contributed by atoms with E-state index in [1.165, 1.54) is 11.3 Å². The van der Waals surface area contributed by atoms with Crippen LogP contribution >= 0.6 is 34.3 Å². The number of hydrogen-bond donors (Lipinski definition) is 0. The quantitative estimate of drug-likeness (QED) is 0.620. The number of hydrogen-bond acceptors (Lipinski definition) is 5. The number of carbonyl (C=O) groups is 1. The molecule has 0 aliphatic carbocycles. The summed E-state index contributed by atoms with van der Waals surface area (Å²) in [5.74, 6) is 0.0668. The molecule has 0 aliphatic heterocycles. The van der Waals surface area contributed by atoms with Gasteiger partial charge in [0.15, 0.2) is 5.13 Å². The highest BCUT2D eigenvalue weighted by Crippen LogP contribution is 2.35. The summed E-state index contributed by atoms with van der Waals surface area (Å²) in [4.78, 5) is 22.6. The fourth-order valence-electron chi connectivity index (χ4n) is 2.49. The molecule has 132 valence electrons. The van der Waals surface area contributed by atoms with Gasteiger partial charge >= 0.3 is 0 Å². The van der Waals surface area contributed by atoms with Gasteiger partial charge < -0.3 is 4.90 Å². The zero-order valence-electron chi connectivity index (χ0n) is 14.5. The molecule has 4 nitrogen and oxygen atoms in total. The monoisotopic (exact) mass is 393 g/mol. The van der Waals surface area contributed by atoms with E-state index in [1.807, 2.05) is 50.7 Å². The largest absolute Gasteiger partial charge is 0.308 e. The molecule has 0 spiro atoms. The number of fused-ring (bicyclic) bond motifs is 1. The summed E-state index contributed by atoms with van der Waals surface area (Å²) in [6.07, 6.45) is 0.397. The lowest BCUT2D eigenvalue weighted by atomic mass is 10.2. The molecule has 0 fully saturated rings. The Morgan fingerprint density at radius 1 is 1.24 bits per heavy atom. The topological polar surface area (TPSA) is 36.4 Å². The molecule has 7 heteroatoms. The number of thiazole rings is 1. The molecule has 2 heterocycles. The minimum atomic E-state index is 0.0668. The summed E-state index contributed by atoms with van der Waals surface area (Å²) in [5, 5.41) is 3.39. The Bertz CT molecular complexity index is 835. The van der Waals surface area contributed by atoms with Crippen molar-refractivity contribution in [3.8, 4) is 0 Å². The van der Waals surface area contributed by atoms with Crippen LogP contribution in [0.1, 0.15) is 10.4 Å². The molecule has 3 aromatic rings. The van der Waals surface area contributed by atoms with Crippen molar-refractivity contribution in [2.75, 3.05) is 32.1 Å². The molecule has 0 aliphatic rings. The number of nitrogens with zero attached hydrogens (tertiary/aromatic N) is 3. The summed E-state index contributed by atoms with van der Waals surface area (Å²) in [7, 11) is 4.00. The predicted molar refractivity (Wildman–Crippen MR) is 108 cm³/mol. The SMILES string of the molecule is Cc1ccc(Cl)c2sc(N(CCN(C)C)C(=O)Cc3cccs3)nc12. The van der Waals surface area contributed by atoms with Gasteiger partial charge in [0.25, 0.3) is 0 Å². The highest BCUT2D eigenvalue weighted by molar-refractivity contribution is 7.23. The van der Waals surface area contributed by atoms with Crippen molar-refractivity contribution in [2.45, 2.75) is 13.3 Å². The molecule has 0 N–H and O–H groups in total. The Kier molecular flexibility index (Phi) is 5.74. The third-order valence-electron chi connectivity index (χ3n) is 3.89. The number of halogens is 1. The van der Waals surface area contributed by atoms with Gasteiger partial charge in [0.2, 0.25) is 5.91 Å². The average Bonchev–Trinajstić information content (AvgIpc) is 3.21. The molecule has 2 aromatic heterocycles. The second-order valence-corrected chi connectivity index (χ2v) is 8.56. The number of thiophene rings is 1. The Balaban J connectivity index is 1.94. The molecule has 25 heavy (non-hydrogen) atoms. The molecule has 3 rings (SSSR count). The van der Waals surface area contributed by atoms with Gasteiger partial charge in [-0.3, -0.25) is 9.69 Å². The summed E-state index contributed by atoms with van der Waals surface area (Å²) in [6, 6.07) is 7.81. The van der Waals surface area contributed by atoms with E-state index in [-0.39, 0.29) is 5.91 Å². The molecule has 0 unspecified atom stereocenters. The van der Waals surface area contributed by atoms with Crippen LogP contribution in [0.5, 0.6) is 0 Å². The van der Waals surface area contributed by atoms with Crippen LogP contribution in [-0.2, 0) is 11.2 Å². The maximum absolute atomic E-state index is 12.9. The maximum Gasteiger partial charge on any atom is 0.234 e. The van der Waals surface area contributed by atoms with E-state index in [4.69, 9.17) is 16.6 Å². The van der Waals surface area contributed by atoms with Crippen LogP contribution in [-0.4, -0.2) is 43.0 Å². The first-order valence-electron chi connectivity index (χ1n) is 7.99. The second-order valence-electron chi connectivity index (χ2n) is 6.14. The Labute approximate surface area is 160 Å². The van der Waals surface area contributed by atoms with Crippen molar-refractivity contribution < 1.29 is 4.79 Å². The number of benzene rings is 1. The lowest BCUT2D eigenvalue weighted by Gasteiger charge is -2.21. The summed E-state index contributed by atoms with van der Waals surface area (Å²) in [6.45, 7) is 3.40. The van der Waals surface area contributed by atoms with E-state index in [0.29, 0.717) is 18.0 Å². The van der Waals surface area contributed by atoms with Crippen molar-refractivity contribution in [3.63, 3.8) is 0 Å². The number of amides is 1. The van der Waals surface area contributed by atoms with E-state index in [2.05, 4.69) is 4.90 Å². The molecule has 1 aromatic carbocycles.